The zero-order valence-corrected chi connectivity index (χ0v) is 31.4. The molecule has 2 saturated heterocycles. The lowest BCUT2D eigenvalue weighted by molar-refractivity contribution is -0.151. The molecule has 0 bridgehead atoms. The van der Waals surface area contributed by atoms with Crippen molar-refractivity contribution in [3.05, 3.63) is 65.8 Å². The Hall–Kier alpha value is -4.23. The number of ether oxygens (including phenoxy) is 2. The number of esters is 1. The van der Waals surface area contributed by atoms with Crippen molar-refractivity contribution in [3.8, 4) is 0 Å². The van der Waals surface area contributed by atoms with Gasteiger partial charge in [0.15, 0.2) is 0 Å². The van der Waals surface area contributed by atoms with Crippen LogP contribution >= 0.6 is 0 Å². The van der Waals surface area contributed by atoms with Crippen molar-refractivity contribution in [3.63, 3.8) is 0 Å². The van der Waals surface area contributed by atoms with Gasteiger partial charge >= 0.3 is 12.1 Å². The lowest BCUT2D eigenvalue weighted by Gasteiger charge is -2.45. The van der Waals surface area contributed by atoms with E-state index >= 15 is 4.39 Å². The highest BCUT2D eigenvalue weighted by Crippen LogP contribution is 2.28. The van der Waals surface area contributed by atoms with Gasteiger partial charge in [-0.05, 0) is 88.1 Å². The summed E-state index contributed by atoms with van der Waals surface area (Å²) in [7, 11) is 2.05. The number of hydrogen-bond acceptors (Lipinski definition) is 9. The van der Waals surface area contributed by atoms with Crippen molar-refractivity contribution >= 4 is 29.7 Å². The van der Waals surface area contributed by atoms with Gasteiger partial charge in [0.25, 0.3) is 0 Å². The minimum Gasteiger partial charge on any atom is -0.457 e. The third kappa shape index (κ3) is 10.2. The second-order valence-corrected chi connectivity index (χ2v) is 15.3. The monoisotopic (exact) mass is 722 g/mol. The molecule has 2 aromatic rings. The SMILES string of the molecule is C/C(=C\c1cc(F)cc(N2CCN(C(=O)Cn3cccn3)CC2)c1)[C@H]1OC(=O)C[C@H](O)CC[C@H](C)[C@@H](OC(=O)N2CCN(C)C(C)(C)C2)/C=C\[C@@H]1C. The largest absolute Gasteiger partial charge is 0.457 e. The van der Waals surface area contributed by atoms with Gasteiger partial charge in [-0.1, -0.05) is 26.0 Å². The summed E-state index contributed by atoms with van der Waals surface area (Å²) in [6, 6.07) is 6.60. The summed E-state index contributed by atoms with van der Waals surface area (Å²) in [6.07, 6.45) is 7.23. The van der Waals surface area contributed by atoms with E-state index in [-0.39, 0.29) is 42.3 Å². The van der Waals surface area contributed by atoms with Crippen LogP contribution in [-0.4, -0.2) is 124 Å². The van der Waals surface area contributed by atoms with E-state index in [0.29, 0.717) is 68.9 Å². The number of aromatic nitrogens is 2. The zero-order chi connectivity index (χ0) is 37.6. The van der Waals surface area contributed by atoms with Crippen molar-refractivity contribution in [1.82, 2.24) is 24.5 Å². The topological polar surface area (TPSA) is 121 Å². The van der Waals surface area contributed by atoms with Crippen molar-refractivity contribution in [2.45, 2.75) is 84.3 Å². The molecule has 2 amide bonds. The number of likely N-dealkylation sites (N-methyl/N-ethyl adjacent to an activating group) is 1. The van der Waals surface area contributed by atoms with Crippen molar-refractivity contribution in [2.24, 2.45) is 11.8 Å². The second kappa shape index (κ2) is 17.1. The number of nitrogens with zero attached hydrogens (tertiary/aromatic N) is 6. The molecule has 3 aliphatic heterocycles. The summed E-state index contributed by atoms with van der Waals surface area (Å²) in [4.78, 5) is 47.0. The van der Waals surface area contributed by atoms with Gasteiger partial charge in [0.2, 0.25) is 5.91 Å². The quantitative estimate of drug-likeness (QED) is 0.337. The minimum absolute atomic E-state index is 0.0119. The summed E-state index contributed by atoms with van der Waals surface area (Å²) >= 11 is 0. The first kappa shape index (κ1) is 39.0. The van der Waals surface area contributed by atoms with Gasteiger partial charge in [0, 0.05) is 75.4 Å². The Kier molecular flexibility index (Phi) is 12.8. The fourth-order valence-corrected chi connectivity index (χ4v) is 7.09. The third-order valence-electron chi connectivity index (χ3n) is 10.7. The Labute approximate surface area is 306 Å². The van der Waals surface area contributed by atoms with Crippen LogP contribution < -0.4 is 4.90 Å². The molecular formula is C39H55FN6O6. The molecule has 1 aromatic carbocycles. The first-order valence-corrected chi connectivity index (χ1v) is 18.4. The Morgan fingerprint density at radius 2 is 1.79 bits per heavy atom. The van der Waals surface area contributed by atoms with Crippen molar-refractivity contribution < 1.29 is 33.4 Å². The van der Waals surface area contributed by atoms with E-state index in [1.54, 1.807) is 32.9 Å². The number of anilines is 1. The molecule has 0 aliphatic carbocycles. The number of halogens is 1. The molecule has 0 radical (unpaired) electrons. The lowest BCUT2D eigenvalue weighted by atomic mass is 9.91. The van der Waals surface area contributed by atoms with E-state index in [1.807, 2.05) is 45.1 Å². The smallest absolute Gasteiger partial charge is 0.410 e. The molecule has 0 spiro atoms. The molecule has 1 N–H and O–H groups in total. The highest BCUT2D eigenvalue weighted by molar-refractivity contribution is 5.76. The molecule has 5 atom stereocenters. The molecule has 12 nitrogen and oxygen atoms in total. The van der Waals surface area contributed by atoms with Gasteiger partial charge < -0.3 is 29.3 Å². The first-order valence-electron chi connectivity index (χ1n) is 18.4. The Balaban J connectivity index is 1.30. The fraction of sp³-hybridized carbons (Fsp3) is 0.590. The molecule has 4 heterocycles. The average molecular weight is 723 g/mol. The van der Waals surface area contributed by atoms with E-state index in [4.69, 9.17) is 9.47 Å². The molecule has 3 aliphatic rings. The van der Waals surface area contributed by atoms with Crippen molar-refractivity contribution in [1.29, 1.82) is 0 Å². The van der Waals surface area contributed by atoms with Gasteiger partial charge in [0.1, 0.15) is 24.6 Å². The summed E-state index contributed by atoms with van der Waals surface area (Å²) < 4.78 is 28.7. The highest BCUT2D eigenvalue weighted by Gasteiger charge is 2.35. The number of amides is 2. The summed E-state index contributed by atoms with van der Waals surface area (Å²) in [6.45, 7) is 14.1. The molecule has 2 fully saturated rings. The Morgan fingerprint density at radius 3 is 2.48 bits per heavy atom. The van der Waals surface area contributed by atoms with Gasteiger partial charge in [-0.15, -0.1) is 0 Å². The number of carbonyl (C=O) groups is 3. The predicted molar refractivity (Wildman–Crippen MR) is 197 cm³/mol. The van der Waals surface area contributed by atoms with Crippen LogP contribution in [0, 0.1) is 17.7 Å². The van der Waals surface area contributed by atoms with Crippen molar-refractivity contribution in [2.75, 3.05) is 57.8 Å². The predicted octanol–water partition coefficient (Wildman–Crippen LogP) is 4.59. The van der Waals surface area contributed by atoms with Crippen LogP contribution in [0.25, 0.3) is 6.08 Å². The number of benzene rings is 1. The van der Waals surface area contributed by atoms with Gasteiger partial charge in [0.05, 0.1) is 12.5 Å². The molecule has 0 unspecified atom stereocenters. The maximum Gasteiger partial charge on any atom is 0.410 e. The lowest BCUT2D eigenvalue weighted by Crippen LogP contribution is -2.59. The maximum absolute atomic E-state index is 15.1. The molecule has 52 heavy (non-hydrogen) atoms. The van der Waals surface area contributed by atoms with E-state index in [2.05, 4.69) is 35.8 Å². The molecule has 0 saturated carbocycles. The molecule has 1 aromatic heterocycles. The number of hydrogen-bond donors (Lipinski definition) is 1. The van der Waals surface area contributed by atoms with Crippen LogP contribution in [0.2, 0.25) is 0 Å². The number of cyclic esters (lactones) is 1. The Morgan fingerprint density at radius 1 is 1.06 bits per heavy atom. The van der Waals surface area contributed by atoms with E-state index < -0.39 is 30.1 Å². The van der Waals surface area contributed by atoms with Gasteiger partial charge in [-0.3, -0.25) is 19.2 Å². The van der Waals surface area contributed by atoms with Crippen LogP contribution in [-0.2, 0) is 25.6 Å². The van der Waals surface area contributed by atoms with Crippen LogP contribution in [0.15, 0.2) is 54.4 Å². The van der Waals surface area contributed by atoms with Crippen LogP contribution in [0.1, 0.15) is 59.4 Å². The molecule has 5 rings (SSSR count). The van der Waals surface area contributed by atoms with Gasteiger partial charge in [-0.2, -0.15) is 5.10 Å². The Bertz CT molecular complexity index is 1600. The zero-order valence-electron chi connectivity index (χ0n) is 31.4. The summed E-state index contributed by atoms with van der Waals surface area (Å²) in [5.74, 6) is -1.35. The summed E-state index contributed by atoms with van der Waals surface area (Å²) in [5.41, 5.74) is 1.83. The molecule has 13 heteroatoms. The molecular weight excluding hydrogens is 667 g/mol. The minimum atomic E-state index is -0.902. The second-order valence-electron chi connectivity index (χ2n) is 15.3. The fourth-order valence-electron chi connectivity index (χ4n) is 7.09. The normalized spacial score (nSPS) is 27.3. The van der Waals surface area contributed by atoms with E-state index in [1.165, 1.54) is 12.1 Å². The van der Waals surface area contributed by atoms with Crippen LogP contribution in [0.4, 0.5) is 14.9 Å². The van der Waals surface area contributed by atoms with E-state index in [0.717, 1.165) is 6.54 Å². The maximum atomic E-state index is 15.1. The number of piperazine rings is 2. The number of aliphatic hydroxyl groups excluding tert-OH is 1. The molecule has 284 valence electrons. The highest BCUT2D eigenvalue weighted by atomic mass is 19.1. The number of aliphatic hydroxyl groups is 1. The number of carbonyl (C=O) groups excluding carboxylic acids is 3. The average Bonchev–Trinajstić information content (AvgIpc) is 3.61. The van der Waals surface area contributed by atoms with E-state index in [9.17, 15) is 19.5 Å². The standard InChI is InChI=1S/C39H55FN6O6/c1-27-8-10-33(47)24-36(49)52-37(28(2)9-11-34(27)51-38(50)45-15-14-42(6)39(4,5)26-45)29(3)20-30-21-31(40)23-32(22-30)43-16-18-44(19-17-43)35(48)25-46-13-7-12-41-46/h7,9,11-13,20-23,27-28,33-34,37,47H,8,10,14-19,24-26H2,1-6H3/b11-9-,29-20+/t27-,28-,33+,34-,37-/m0/s1. The third-order valence-corrected chi connectivity index (χ3v) is 10.7. The summed E-state index contributed by atoms with van der Waals surface area (Å²) in [5, 5.41) is 14.8. The van der Waals surface area contributed by atoms with Crippen LogP contribution in [0.3, 0.4) is 0 Å². The van der Waals surface area contributed by atoms with Crippen LogP contribution in [0.5, 0.6) is 0 Å². The number of rotatable bonds is 6. The first-order chi connectivity index (χ1) is 24.7. The van der Waals surface area contributed by atoms with Gasteiger partial charge in [-0.25, -0.2) is 9.18 Å².